The molecule has 140 valence electrons. The molecule has 3 rings (SSSR count). The van der Waals surface area contributed by atoms with E-state index in [9.17, 15) is 14.4 Å². The molecule has 1 fully saturated rings. The second-order valence-corrected chi connectivity index (χ2v) is 6.36. The number of methoxy groups -OCH3 is 1. The Morgan fingerprint density at radius 2 is 1.78 bits per heavy atom. The number of rotatable bonds is 5. The molecule has 1 atom stereocenters. The molecule has 7 nitrogen and oxygen atoms in total. The third-order valence-electron chi connectivity index (χ3n) is 4.31. The monoisotopic (exact) mass is 367 g/mol. The number of carbonyl (C=O) groups is 3. The van der Waals surface area contributed by atoms with E-state index in [1.54, 1.807) is 48.4 Å². The van der Waals surface area contributed by atoms with Crippen molar-refractivity contribution in [1.29, 1.82) is 0 Å². The van der Waals surface area contributed by atoms with E-state index >= 15 is 0 Å². The first-order valence-corrected chi connectivity index (χ1v) is 8.59. The van der Waals surface area contributed by atoms with Crippen molar-refractivity contribution in [3.05, 3.63) is 48.5 Å². The minimum Gasteiger partial charge on any atom is -0.497 e. The molecule has 0 saturated carbocycles. The fourth-order valence-electron chi connectivity index (χ4n) is 3.03. The number of nitrogens with one attached hydrogen (secondary N) is 2. The standard InChI is InChI=1S/C20H21N3O4/c1-13(24)21-15-5-3-6-16(10-15)22-20(26)14-9-19(25)23(12-14)17-7-4-8-18(11-17)27-2/h3-8,10-11,14H,9,12H2,1-2H3,(H,21,24)(H,22,26)/t14-/m0/s1. The molecule has 2 N–H and O–H groups in total. The van der Waals surface area contributed by atoms with Gasteiger partial charge in [0.05, 0.1) is 13.0 Å². The zero-order chi connectivity index (χ0) is 19.4. The van der Waals surface area contributed by atoms with Crippen molar-refractivity contribution in [3.63, 3.8) is 0 Å². The maximum atomic E-state index is 12.6. The zero-order valence-electron chi connectivity index (χ0n) is 15.2. The number of nitrogens with zero attached hydrogens (tertiary/aromatic N) is 1. The number of ether oxygens (including phenoxy) is 1. The fourth-order valence-corrected chi connectivity index (χ4v) is 3.03. The van der Waals surface area contributed by atoms with Gasteiger partial charge in [-0.2, -0.15) is 0 Å². The van der Waals surface area contributed by atoms with Gasteiger partial charge in [-0.15, -0.1) is 0 Å². The average molecular weight is 367 g/mol. The summed E-state index contributed by atoms with van der Waals surface area (Å²) < 4.78 is 5.19. The van der Waals surface area contributed by atoms with Crippen LogP contribution >= 0.6 is 0 Å². The summed E-state index contributed by atoms with van der Waals surface area (Å²) in [5.74, 6) is -0.311. The lowest BCUT2D eigenvalue weighted by Gasteiger charge is -2.17. The number of amides is 3. The Morgan fingerprint density at radius 3 is 2.48 bits per heavy atom. The molecule has 1 aliphatic heterocycles. The van der Waals surface area contributed by atoms with E-state index in [4.69, 9.17) is 4.74 Å². The van der Waals surface area contributed by atoms with E-state index in [0.717, 1.165) is 0 Å². The van der Waals surface area contributed by atoms with E-state index in [1.165, 1.54) is 6.92 Å². The lowest BCUT2D eigenvalue weighted by molar-refractivity contribution is -0.122. The Kier molecular flexibility index (Phi) is 5.40. The van der Waals surface area contributed by atoms with Crippen LogP contribution in [0.1, 0.15) is 13.3 Å². The third kappa shape index (κ3) is 4.44. The van der Waals surface area contributed by atoms with Gasteiger partial charge in [-0.3, -0.25) is 14.4 Å². The SMILES string of the molecule is COc1cccc(N2C[C@@H](C(=O)Nc3cccc(NC(C)=O)c3)CC2=O)c1. The molecule has 0 spiro atoms. The van der Waals surface area contributed by atoms with Gasteiger partial charge in [-0.25, -0.2) is 0 Å². The topological polar surface area (TPSA) is 87.7 Å². The molecular formula is C20H21N3O4. The van der Waals surface area contributed by atoms with Crippen LogP contribution in [0.5, 0.6) is 5.75 Å². The van der Waals surface area contributed by atoms with Crippen LogP contribution in [-0.4, -0.2) is 31.4 Å². The van der Waals surface area contributed by atoms with Crippen LogP contribution < -0.4 is 20.3 Å². The molecule has 0 radical (unpaired) electrons. The highest BCUT2D eigenvalue weighted by atomic mass is 16.5. The first-order chi connectivity index (χ1) is 13.0. The Bertz CT molecular complexity index is 881. The van der Waals surface area contributed by atoms with Crippen molar-refractivity contribution in [2.75, 3.05) is 29.2 Å². The summed E-state index contributed by atoms with van der Waals surface area (Å²) in [4.78, 5) is 37.7. The van der Waals surface area contributed by atoms with E-state index in [0.29, 0.717) is 29.4 Å². The molecular weight excluding hydrogens is 346 g/mol. The van der Waals surface area contributed by atoms with Gasteiger partial charge in [0.2, 0.25) is 17.7 Å². The number of benzene rings is 2. The molecule has 1 aliphatic rings. The highest BCUT2D eigenvalue weighted by Gasteiger charge is 2.35. The quantitative estimate of drug-likeness (QED) is 0.850. The van der Waals surface area contributed by atoms with E-state index < -0.39 is 5.92 Å². The average Bonchev–Trinajstić information content (AvgIpc) is 3.03. The molecule has 0 aliphatic carbocycles. The smallest absolute Gasteiger partial charge is 0.229 e. The fraction of sp³-hybridized carbons (Fsp3) is 0.250. The maximum Gasteiger partial charge on any atom is 0.229 e. The summed E-state index contributed by atoms with van der Waals surface area (Å²) >= 11 is 0. The first kappa shape index (κ1) is 18.4. The Balaban J connectivity index is 1.68. The molecule has 27 heavy (non-hydrogen) atoms. The summed E-state index contributed by atoms with van der Waals surface area (Å²) in [6.07, 6.45) is 0.147. The number of carbonyl (C=O) groups excluding carboxylic acids is 3. The van der Waals surface area contributed by atoms with Crippen molar-refractivity contribution in [2.24, 2.45) is 5.92 Å². The number of anilines is 3. The highest BCUT2D eigenvalue weighted by molar-refractivity contribution is 6.03. The van der Waals surface area contributed by atoms with Crippen LogP contribution in [0, 0.1) is 5.92 Å². The lowest BCUT2D eigenvalue weighted by atomic mass is 10.1. The molecule has 2 aromatic rings. The largest absolute Gasteiger partial charge is 0.497 e. The van der Waals surface area contributed by atoms with Crippen LogP contribution in [0.25, 0.3) is 0 Å². The second kappa shape index (κ2) is 7.90. The predicted octanol–water partition coefficient (Wildman–Crippen LogP) is 2.65. The summed E-state index contributed by atoms with van der Waals surface area (Å²) in [5, 5.41) is 5.49. The van der Waals surface area contributed by atoms with E-state index in [2.05, 4.69) is 10.6 Å². The molecule has 1 saturated heterocycles. The zero-order valence-corrected chi connectivity index (χ0v) is 15.2. The van der Waals surface area contributed by atoms with Gasteiger partial charge < -0.3 is 20.3 Å². The predicted molar refractivity (Wildman–Crippen MR) is 103 cm³/mol. The van der Waals surface area contributed by atoms with Crippen molar-refractivity contribution in [1.82, 2.24) is 0 Å². The minimum atomic E-state index is -0.451. The lowest BCUT2D eigenvalue weighted by Crippen LogP contribution is -2.28. The normalized spacial score (nSPS) is 16.1. The van der Waals surface area contributed by atoms with Gasteiger partial charge in [-0.05, 0) is 30.3 Å². The Labute approximate surface area is 157 Å². The van der Waals surface area contributed by atoms with E-state index in [-0.39, 0.29) is 24.1 Å². The van der Waals surface area contributed by atoms with Crippen LogP contribution in [-0.2, 0) is 14.4 Å². The van der Waals surface area contributed by atoms with Gasteiger partial charge in [-0.1, -0.05) is 12.1 Å². The summed E-state index contributed by atoms with van der Waals surface area (Å²) in [6, 6.07) is 14.1. The van der Waals surface area contributed by atoms with Crippen LogP contribution in [0.3, 0.4) is 0 Å². The van der Waals surface area contributed by atoms with Crippen LogP contribution in [0.4, 0.5) is 17.1 Å². The van der Waals surface area contributed by atoms with Crippen molar-refractivity contribution < 1.29 is 19.1 Å². The first-order valence-electron chi connectivity index (χ1n) is 8.59. The van der Waals surface area contributed by atoms with Crippen LogP contribution in [0.15, 0.2) is 48.5 Å². The molecule has 3 amide bonds. The Hall–Kier alpha value is -3.35. The van der Waals surface area contributed by atoms with Crippen molar-refractivity contribution in [2.45, 2.75) is 13.3 Å². The van der Waals surface area contributed by atoms with E-state index in [1.807, 2.05) is 12.1 Å². The van der Waals surface area contributed by atoms with Gasteiger partial charge >= 0.3 is 0 Å². The van der Waals surface area contributed by atoms with Crippen LogP contribution in [0.2, 0.25) is 0 Å². The maximum absolute atomic E-state index is 12.6. The van der Waals surface area contributed by atoms with Gasteiger partial charge in [0.15, 0.2) is 0 Å². The minimum absolute atomic E-state index is 0.101. The Morgan fingerprint density at radius 1 is 1.07 bits per heavy atom. The van der Waals surface area contributed by atoms with Gasteiger partial charge in [0.1, 0.15) is 5.75 Å². The third-order valence-corrected chi connectivity index (χ3v) is 4.31. The molecule has 1 heterocycles. The summed E-state index contributed by atoms with van der Waals surface area (Å²) in [6.45, 7) is 1.73. The number of hydrogen-bond donors (Lipinski definition) is 2. The molecule has 0 bridgehead atoms. The second-order valence-electron chi connectivity index (χ2n) is 6.36. The molecule has 2 aromatic carbocycles. The molecule has 0 unspecified atom stereocenters. The van der Waals surface area contributed by atoms with Crippen molar-refractivity contribution in [3.8, 4) is 5.75 Å². The molecule has 7 heteroatoms. The molecule has 0 aromatic heterocycles. The summed E-state index contributed by atoms with van der Waals surface area (Å²) in [7, 11) is 1.57. The number of hydrogen-bond acceptors (Lipinski definition) is 4. The van der Waals surface area contributed by atoms with Crippen molar-refractivity contribution >= 4 is 34.8 Å². The van der Waals surface area contributed by atoms with Gasteiger partial charge in [0.25, 0.3) is 0 Å². The summed E-state index contributed by atoms with van der Waals surface area (Å²) in [5.41, 5.74) is 1.88. The highest BCUT2D eigenvalue weighted by Crippen LogP contribution is 2.28. The van der Waals surface area contributed by atoms with Gasteiger partial charge in [0, 0.05) is 43.0 Å².